The lowest BCUT2D eigenvalue weighted by Crippen LogP contribution is -2.48. The molecule has 94 valence electrons. The lowest BCUT2D eigenvalue weighted by molar-refractivity contribution is -0.120. The van der Waals surface area contributed by atoms with Crippen molar-refractivity contribution in [2.45, 2.75) is 6.04 Å². The molecule has 2 aromatic rings. The summed E-state index contributed by atoms with van der Waals surface area (Å²) in [5, 5.41) is 7.07. The van der Waals surface area contributed by atoms with Gasteiger partial charge in [0.1, 0.15) is 6.04 Å². The molecule has 1 unspecified atom stereocenters. The summed E-state index contributed by atoms with van der Waals surface area (Å²) in [6.45, 7) is 1.80. The van der Waals surface area contributed by atoms with E-state index in [2.05, 4.69) is 15.6 Å². The molecule has 0 spiro atoms. The van der Waals surface area contributed by atoms with Gasteiger partial charge in [0.05, 0.1) is 18.9 Å². The van der Waals surface area contributed by atoms with Gasteiger partial charge in [0, 0.05) is 23.6 Å². The van der Waals surface area contributed by atoms with Gasteiger partial charge in [-0.15, -0.1) is 0 Å². The predicted octanol–water partition coefficient (Wildman–Crippen LogP) is 1.09. The third-order valence-electron chi connectivity index (χ3n) is 3.09. The minimum absolute atomic E-state index is 0.0561. The van der Waals surface area contributed by atoms with Crippen LogP contribution in [0.3, 0.4) is 0 Å². The molecule has 18 heavy (non-hydrogen) atoms. The highest BCUT2D eigenvalue weighted by Gasteiger charge is 2.21. The highest BCUT2D eigenvalue weighted by atomic mass is 16.5. The quantitative estimate of drug-likeness (QED) is 0.742. The van der Waals surface area contributed by atoms with Crippen LogP contribution in [0, 0.1) is 0 Å². The first-order valence-corrected chi connectivity index (χ1v) is 6.03. The van der Waals surface area contributed by atoms with E-state index in [1.807, 2.05) is 30.5 Å². The molecule has 1 amide bonds. The molecule has 0 radical (unpaired) electrons. The highest BCUT2D eigenvalue weighted by molar-refractivity contribution is 6.03. The third kappa shape index (κ3) is 2.10. The van der Waals surface area contributed by atoms with Crippen LogP contribution in [0.15, 0.2) is 30.5 Å². The SMILES string of the molecule is O=C(Nc1c[nH]c2ccccc12)C1COCCN1. The zero-order valence-electron chi connectivity index (χ0n) is 9.90. The number of carbonyl (C=O) groups is 1. The summed E-state index contributed by atoms with van der Waals surface area (Å²) in [5.74, 6) is -0.0561. The molecule has 1 fully saturated rings. The molecule has 3 rings (SSSR count). The summed E-state index contributed by atoms with van der Waals surface area (Å²) in [6, 6.07) is 7.60. The lowest BCUT2D eigenvalue weighted by Gasteiger charge is -2.22. The molecule has 5 heteroatoms. The Labute approximate surface area is 105 Å². The van der Waals surface area contributed by atoms with Crippen molar-refractivity contribution in [1.29, 1.82) is 0 Å². The predicted molar refractivity (Wildman–Crippen MR) is 69.5 cm³/mol. The van der Waals surface area contributed by atoms with Gasteiger partial charge in [-0.3, -0.25) is 4.79 Å². The van der Waals surface area contributed by atoms with Crippen molar-refractivity contribution in [3.8, 4) is 0 Å². The van der Waals surface area contributed by atoms with Crippen molar-refractivity contribution in [3.05, 3.63) is 30.5 Å². The van der Waals surface area contributed by atoms with Gasteiger partial charge in [-0.25, -0.2) is 0 Å². The molecule has 1 aliphatic rings. The van der Waals surface area contributed by atoms with Crippen LogP contribution in [0.1, 0.15) is 0 Å². The molecule has 2 heterocycles. The van der Waals surface area contributed by atoms with Crippen molar-refractivity contribution >= 4 is 22.5 Å². The molecule has 1 aromatic heterocycles. The average molecular weight is 245 g/mol. The van der Waals surface area contributed by atoms with Crippen LogP contribution in [0.4, 0.5) is 5.69 Å². The zero-order chi connectivity index (χ0) is 12.4. The number of hydrogen-bond acceptors (Lipinski definition) is 3. The topological polar surface area (TPSA) is 66.2 Å². The number of morpholine rings is 1. The molecule has 1 atom stereocenters. The van der Waals surface area contributed by atoms with Crippen molar-refractivity contribution in [1.82, 2.24) is 10.3 Å². The Kier molecular flexibility index (Phi) is 3.00. The van der Waals surface area contributed by atoms with Crippen LogP contribution in [-0.2, 0) is 9.53 Å². The first kappa shape index (κ1) is 11.3. The Hall–Kier alpha value is -1.85. The number of fused-ring (bicyclic) bond motifs is 1. The maximum Gasteiger partial charge on any atom is 0.243 e. The fourth-order valence-corrected chi connectivity index (χ4v) is 2.13. The van der Waals surface area contributed by atoms with E-state index in [-0.39, 0.29) is 11.9 Å². The van der Waals surface area contributed by atoms with Gasteiger partial charge in [0.2, 0.25) is 5.91 Å². The van der Waals surface area contributed by atoms with Crippen LogP contribution < -0.4 is 10.6 Å². The van der Waals surface area contributed by atoms with E-state index in [1.54, 1.807) is 0 Å². The number of benzene rings is 1. The van der Waals surface area contributed by atoms with Gasteiger partial charge in [-0.05, 0) is 6.07 Å². The van der Waals surface area contributed by atoms with E-state index < -0.39 is 0 Å². The third-order valence-corrected chi connectivity index (χ3v) is 3.09. The van der Waals surface area contributed by atoms with Crippen LogP contribution in [0.5, 0.6) is 0 Å². The first-order valence-electron chi connectivity index (χ1n) is 6.03. The summed E-state index contributed by atoms with van der Waals surface area (Å²) in [6.07, 6.45) is 1.81. The van der Waals surface area contributed by atoms with E-state index in [1.165, 1.54) is 0 Å². The number of H-pyrrole nitrogens is 1. The summed E-state index contributed by atoms with van der Waals surface area (Å²) >= 11 is 0. The second-order valence-corrected chi connectivity index (χ2v) is 4.32. The summed E-state index contributed by atoms with van der Waals surface area (Å²) in [5.41, 5.74) is 1.82. The number of para-hydroxylation sites is 1. The molecular formula is C13H15N3O2. The van der Waals surface area contributed by atoms with Crippen molar-refractivity contribution in [3.63, 3.8) is 0 Å². The Morgan fingerprint density at radius 3 is 3.11 bits per heavy atom. The summed E-state index contributed by atoms with van der Waals surface area (Å²) < 4.78 is 5.28. The Morgan fingerprint density at radius 1 is 1.39 bits per heavy atom. The largest absolute Gasteiger partial charge is 0.378 e. The fraction of sp³-hybridized carbons (Fsp3) is 0.308. The second-order valence-electron chi connectivity index (χ2n) is 4.32. The Morgan fingerprint density at radius 2 is 2.28 bits per heavy atom. The maximum atomic E-state index is 12.0. The van der Waals surface area contributed by atoms with E-state index in [0.29, 0.717) is 19.8 Å². The lowest BCUT2D eigenvalue weighted by atomic mass is 10.2. The van der Waals surface area contributed by atoms with Gasteiger partial charge in [0.15, 0.2) is 0 Å². The highest BCUT2D eigenvalue weighted by Crippen LogP contribution is 2.22. The van der Waals surface area contributed by atoms with Crippen LogP contribution in [0.25, 0.3) is 10.9 Å². The standard InChI is InChI=1S/C13H15N3O2/c17-13(12-8-18-6-5-14-12)16-11-7-15-10-4-2-1-3-9(10)11/h1-4,7,12,14-15H,5-6,8H2,(H,16,17). The van der Waals surface area contributed by atoms with Gasteiger partial charge in [0.25, 0.3) is 0 Å². The van der Waals surface area contributed by atoms with Gasteiger partial charge in [-0.1, -0.05) is 18.2 Å². The maximum absolute atomic E-state index is 12.0. The molecule has 5 nitrogen and oxygen atoms in total. The average Bonchev–Trinajstić information content (AvgIpc) is 2.83. The number of amides is 1. The van der Waals surface area contributed by atoms with E-state index >= 15 is 0 Å². The second kappa shape index (κ2) is 4.80. The fourth-order valence-electron chi connectivity index (χ4n) is 2.13. The summed E-state index contributed by atoms with van der Waals surface area (Å²) in [4.78, 5) is 15.2. The monoisotopic (exact) mass is 245 g/mol. The Bertz CT molecular complexity index is 558. The molecule has 0 bridgehead atoms. The van der Waals surface area contributed by atoms with Crippen LogP contribution in [0.2, 0.25) is 0 Å². The van der Waals surface area contributed by atoms with Crippen LogP contribution in [-0.4, -0.2) is 36.7 Å². The molecule has 0 aliphatic carbocycles. The molecule has 3 N–H and O–H groups in total. The number of anilines is 1. The molecule has 1 saturated heterocycles. The van der Waals surface area contributed by atoms with E-state index in [4.69, 9.17) is 4.74 Å². The number of aromatic nitrogens is 1. The van der Waals surface area contributed by atoms with Gasteiger partial charge < -0.3 is 20.4 Å². The van der Waals surface area contributed by atoms with Crippen LogP contribution >= 0.6 is 0 Å². The smallest absolute Gasteiger partial charge is 0.243 e. The van der Waals surface area contributed by atoms with Crippen molar-refractivity contribution in [2.24, 2.45) is 0 Å². The van der Waals surface area contributed by atoms with Crippen molar-refractivity contribution < 1.29 is 9.53 Å². The molecule has 0 saturated carbocycles. The van der Waals surface area contributed by atoms with Gasteiger partial charge >= 0.3 is 0 Å². The number of aromatic amines is 1. The van der Waals surface area contributed by atoms with Gasteiger partial charge in [-0.2, -0.15) is 0 Å². The number of hydrogen-bond donors (Lipinski definition) is 3. The minimum atomic E-state index is -0.271. The van der Waals surface area contributed by atoms with E-state index in [0.717, 1.165) is 16.6 Å². The summed E-state index contributed by atoms with van der Waals surface area (Å²) in [7, 11) is 0. The number of ether oxygens (including phenoxy) is 1. The first-order chi connectivity index (χ1) is 8.84. The van der Waals surface area contributed by atoms with E-state index in [9.17, 15) is 4.79 Å². The zero-order valence-corrected chi connectivity index (χ0v) is 9.90. The van der Waals surface area contributed by atoms with Crippen molar-refractivity contribution in [2.75, 3.05) is 25.1 Å². The molecule has 1 aliphatic heterocycles. The molecular weight excluding hydrogens is 230 g/mol. The normalized spacial score (nSPS) is 19.9. The number of nitrogens with one attached hydrogen (secondary N) is 3. The number of rotatable bonds is 2. The Balaban J connectivity index is 1.77. The molecule has 1 aromatic carbocycles. The minimum Gasteiger partial charge on any atom is -0.378 e. The number of carbonyl (C=O) groups excluding carboxylic acids is 1.